The van der Waals surface area contributed by atoms with Crippen molar-refractivity contribution in [3.05, 3.63) is 65.0 Å². The summed E-state index contributed by atoms with van der Waals surface area (Å²) >= 11 is 4.88. The number of amidine groups is 1. The van der Waals surface area contributed by atoms with Crippen molar-refractivity contribution in [1.29, 1.82) is 0 Å². The molecule has 1 amide bonds. The zero-order valence-corrected chi connectivity index (χ0v) is 16.7. The fourth-order valence-corrected chi connectivity index (χ4v) is 4.36. The number of aliphatic imine (C=N–C) groups is 1. The van der Waals surface area contributed by atoms with Gasteiger partial charge in [0.25, 0.3) is 5.91 Å². The normalized spacial score (nSPS) is 19.7. The summed E-state index contributed by atoms with van der Waals surface area (Å²) in [5, 5.41) is 3.76. The fourth-order valence-electron chi connectivity index (χ4n) is 2.90. The number of thioether (sulfide) groups is 1. The predicted octanol–water partition coefficient (Wildman–Crippen LogP) is 4.64. The molecule has 0 fully saturated rings. The topological polar surface area (TPSA) is 67.5 Å². The van der Waals surface area contributed by atoms with Crippen molar-refractivity contribution in [2.75, 3.05) is 11.1 Å². The maximum atomic E-state index is 14.3. The monoisotopic (exact) mass is 435 g/mol. The number of hydrogen-bond acceptors (Lipinski definition) is 4. The number of benzene rings is 2. The molecule has 0 aliphatic carbocycles. The Morgan fingerprint density at radius 3 is 2.88 bits per heavy atom. The van der Waals surface area contributed by atoms with Crippen LogP contribution in [-0.4, -0.2) is 16.8 Å². The number of amides is 1. The summed E-state index contributed by atoms with van der Waals surface area (Å²) in [6.45, 7) is 1.97. The fraction of sp³-hybridized carbons (Fsp3) is 0.263. The lowest BCUT2D eigenvalue weighted by molar-refractivity contribution is 0.102. The lowest BCUT2D eigenvalue weighted by Crippen LogP contribution is -2.29. The molecule has 3 rings (SSSR count). The lowest BCUT2D eigenvalue weighted by atomic mass is 9.89. The third kappa shape index (κ3) is 3.94. The number of carbonyl (C=O) groups is 1. The number of hydrogen-bond donors (Lipinski definition) is 2. The second kappa shape index (κ2) is 7.80. The molecule has 1 heterocycles. The number of alkyl halides is 1. The van der Waals surface area contributed by atoms with E-state index in [1.54, 1.807) is 24.3 Å². The van der Waals surface area contributed by atoms with E-state index in [2.05, 4.69) is 26.2 Å². The van der Waals surface area contributed by atoms with Gasteiger partial charge < -0.3 is 11.1 Å². The van der Waals surface area contributed by atoms with Gasteiger partial charge in [-0.15, -0.1) is 0 Å². The van der Waals surface area contributed by atoms with E-state index >= 15 is 0 Å². The molecule has 2 aromatic carbocycles. The maximum Gasteiger partial charge on any atom is 0.256 e. The third-order valence-electron chi connectivity index (χ3n) is 4.44. The first-order valence-electron chi connectivity index (χ1n) is 8.16. The number of nitrogens with two attached hydrogens (primary N) is 1. The summed E-state index contributed by atoms with van der Waals surface area (Å²) in [6, 6.07) is 11.9. The highest BCUT2D eigenvalue weighted by Gasteiger charge is 2.30. The third-order valence-corrected chi connectivity index (χ3v) is 5.84. The average molecular weight is 436 g/mol. The van der Waals surface area contributed by atoms with Crippen LogP contribution in [0, 0.1) is 5.82 Å². The van der Waals surface area contributed by atoms with Gasteiger partial charge >= 0.3 is 0 Å². The van der Waals surface area contributed by atoms with Crippen molar-refractivity contribution in [2.24, 2.45) is 10.7 Å². The minimum Gasteiger partial charge on any atom is -0.379 e. The SMILES string of the molecule is CC1(c2ccc(F)c(NC(=O)c3ccccc3CBr)c2)CCSC(N)=N1. The molecule has 2 aromatic rings. The molecule has 7 heteroatoms. The number of halogens is 2. The first-order valence-corrected chi connectivity index (χ1v) is 10.3. The molecule has 1 atom stereocenters. The zero-order chi connectivity index (χ0) is 18.7. The molecule has 1 aliphatic rings. The van der Waals surface area contributed by atoms with Crippen LogP contribution in [0.2, 0.25) is 0 Å². The van der Waals surface area contributed by atoms with E-state index in [1.165, 1.54) is 17.8 Å². The molecule has 26 heavy (non-hydrogen) atoms. The first-order chi connectivity index (χ1) is 12.4. The summed E-state index contributed by atoms with van der Waals surface area (Å²) < 4.78 is 14.3. The van der Waals surface area contributed by atoms with Gasteiger partial charge in [0, 0.05) is 16.6 Å². The number of rotatable bonds is 4. The quantitative estimate of drug-likeness (QED) is 0.687. The maximum absolute atomic E-state index is 14.3. The summed E-state index contributed by atoms with van der Waals surface area (Å²) in [4.78, 5) is 17.2. The molecule has 1 unspecified atom stereocenters. The van der Waals surface area contributed by atoms with E-state index in [-0.39, 0.29) is 11.6 Å². The van der Waals surface area contributed by atoms with Crippen LogP contribution >= 0.6 is 27.7 Å². The Labute approximate surface area is 164 Å². The molecule has 0 saturated heterocycles. The van der Waals surface area contributed by atoms with Crippen molar-refractivity contribution in [1.82, 2.24) is 0 Å². The second-order valence-electron chi connectivity index (χ2n) is 6.26. The van der Waals surface area contributed by atoms with E-state index in [0.717, 1.165) is 23.3 Å². The number of nitrogens with zero attached hydrogens (tertiary/aromatic N) is 1. The molecule has 136 valence electrons. The van der Waals surface area contributed by atoms with Crippen LogP contribution in [0.25, 0.3) is 0 Å². The van der Waals surface area contributed by atoms with Crippen LogP contribution in [0.3, 0.4) is 0 Å². The van der Waals surface area contributed by atoms with Gasteiger partial charge in [0.2, 0.25) is 0 Å². The van der Waals surface area contributed by atoms with Crippen molar-refractivity contribution < 1.29 is 9.18 Å². The van der Waals surface area contributed by atoms with Crippen LogP contribution < -0.4 is 11.1 Å². The molecule has 3 N–H and O–H groups in total. The standard InChI is InChI=1S/C19H19BrFN3OS/c1-19(8-9-26-18(22)24-19)13-6-7-15(21)16(10-13)23-17(25)14-5-3-2-4-12(14)11-20/h2-7,10H,8-9,11H2,1H3,(H2,22,24)(H,23,25). The molecule has 1 aliphatic heterocycles. The number of anilines is 1. The number of nitrogens with one attached hydrogen (secondary N) is 1. The van der Waals surface area contributed by atoms with Crippen molar-refractivity contribution >= 4 is 44.5 Å². The first kappa shape index (κ1) is 18.9. The Kier molecular flexibility index (Phi) is 5.67. The summed E-state index contributed by atoms with van der Waals surface area (Å²) in [7, 11) is 0. The molecule has 4 nitrogen and oxygen atoms in total. The van der Waals surface area contributed by atoms with Crippen molar-refractivity contribution in [2.45, 2.75) is 24.2 Å². The zero-order valence-electron chi connectivity index (χ0n) is 14.3. The van der Waals surface area contributed by atoms with Crippen LogP contribution in [0.4, 0.5) is 10.1 Å². The smallest absolute Gasteiger partial charge is 0.256 e. The van der Waals surface area contributed by atoms with Gasteiger partial charge in [-0.1, -0.05) is 52.0 Å². The van der Waals surface area contributed by atoms with E-state index in [9.17, 15) is 9.18 Å². The highest BCUT2D eigenvalue weighted by molar-refractivity contribution is 9.08. The molecular formula is C19H19BrFN3OS. The van der Waals surface area contributed by atoms with Crippen molar-refractivity contribution in [3.8, 4) is 0 Å². The predicted molar refractivity (Wildman–Crippen MR) is 109 cm³/mol. The van der Waals surface area contributed by atoms with Gasteiger partial charge in [0.15, 0.2) is 5.17 Å². The molecule has 0 bridgehead atoms. The van der Waals surface area contributed by atoms with E-state index in [4.69, 9.17) is 5.73 Å². The average Bonchev–Trinajstić information content (AvgIpc) is 2.63. The van der Waals surface area contributed by atoms with Gasteiger partial charge in [-0.2, -0.15) is 0 Å². The highest BCUT2D eigenvalue weighted by atomic mass is 79.9. The minimum atomic E-state index is -0.518. The Balaban J connectivity index is 1.91. The molecule has 0 spiro atoms. The molecule has 0 radical (unpaired) electrons. The van der Waals surface area contributed by atoms with Gasteiger partial charge in [-0.3, -0.25) is 9.79 Å². The van der Waals surface area contributed by atoms with Crippen LogP contribution in [0.15, 0.2) is 47.5 Å². The molecule has 0 saturated carbocycles. The van der Waals surface area contributed by atoms with E-state index < -0.39 is 11.4 Å². The van der Waals surface area contributed by atoms with Crippen LogP contribution in [0.1, 0.15) is 34.8 Å². The van der Waals surface area contributed by atoms with E-state index in [0.29, 0.717) is 16.1 Å². The molecular weight excluding hydrogens is 417 g/mol. The van der Waals surface area contributed by atoms with Gasteiger partial charge in [-0.25, -0.2) is 4.39 Å². The highest BCUT2D eigenvalue weighted by Crippen LogP contribution is 2.36. The van der Waals surface area contributed by atoms with Crippen molar-refractivity contribution in [3.63, 3.8) is 0 Å². The Morgan fingerprint density at radius 1 is 1.38 bits per heavy atom. The minimum absolute atomic E-state index is 0.144. The second-order valence-corrected chi connectivity index (χ2v) is 7.94. The summed E-state index contributed by atoms with van der Waals surface area (Å²) in [5.74, 6) is 0.0245. The van der Waals surface area contributed by atoms with Gasteiger partial charge in [0.1, 0.15) is 5.82 Å². The van der Waals surface area contributed by atoms with E-state index in [1.807, 2.05) is 19.1 Å². The van der Waals surface area contributed by atoms with Gasteiger partial charge in [-0.05, 0) is 42.7 Å². The lowest BCUT2D eigenvalue weighted by Gasteiger charge is -2.30. The Bertz CT molecular complexity index is 874. The summed E-state index contributed by atoms with van der Waals surface area (Å²) in [5.41, 5.74) is 7.67. The van der Waals surface area contributed by atoms with Crippen LogP contribution in [0.5, 0.6) is 0 Å². The Hall–Kier alpha value is -1.86. The molecule has 0 aromatic heterocycles. The van der Waals surface area contributed by atoms with Crippen LogP contribution in [-0.2, 0) is 10.9 Å². The number of carbonyl (C=O) groups excluding carboxylic acids is 1. The van der Waals surface area contributed by atoms with Gasteiger partial charge in [0.05, 0.1) is 11.2 Å². The summed E-state index contributed by atoms with van der Waals surface area (Å²) in [6.07, 6.45) is 0.795. The largest absolute Gasteiger partial charge is 0.379 e. The Morgan fingerprint density at radius 2 is 2.15 bits per heavy atom.